The number of carbonyl (C=O) groups is 2. The monoisotopic (exact) mass is 366 g/mol. The standard InChI is InChI=1S/C21H22N2O2S/c1-4-14(3)22-20(24)16-9-10-18-17(12-16)23-21(25)19(26-18)11-15-7-5-13(2)6-8-15/h5-12,14H,4H2,1-3H3,(H,22,24)(H,23,25)/b19-11+/t14-/m0/s1. The van der Waals surface area contributed by atoms with Gasteiger partial charge in [0, 0.05) is 16.5 Å². The highest BCUT2D eigenvalue weighted by molar-refractivity contribution is 8.04. The summed E-state index contributed by atoms with van der Waals surface area (Å²) in [6, 6.07) is 13.6. The molecule has 1 heterocycles. The van der Waals surface area contributed by atoms with Crippen LogP contribution in [0.4, 0.5) is 5.69 Å². The van der Waals surface area contributed by atoms with Gasteiger partial charge < -0.3 is 10.6 Å². The maximum absolute atomic E-state index is 12.4. The van der Waals surface area contributed by atoms with E-state index in [1.165, 1.54) is 17.3 Å². The number of hydrogen-bond acceptors (Lipinski definition) is 3. The predicted molar refractivity (Wildman–Crippen MR) is 107 cm³/mol. The number of benzene rings is 2. The van der Waals surface area contributed by atoms with E-state index in [2.05, 4.69) is 10.6 Å². The molecule has 0 unspecified atom stereocenters. The summed E-state index contributed by atoms with van der Waals surface area (Å²) in [6.45, 7) is 6.02. The lowest BCUT2D eigenvalue weighted by Crippen LogP contribution is -2.32. The van der Waals surface area contributed by atoms with Crippen LogP contribution < -0.4 is 10.6 Å². The van der Waals surface area contributed by atoms with Gasteiger partial charge in [0.05, 0.1) is 10.6 Å². The largest absolute Gasteiger partial charge is 0.350 e. The molecule has 0 spiro atoms. The first kappa shape index (κ1) is 18.3. The molecule has 1 aliphatic rings. The number of aryl methyl sites for hydroxylation is 1. The van der Waals surface area contributed by atoms with Crippen LogP contribution in [0, 0.1) is 6.92 Å². The van der Waals surface area contributed by atoms with Crippen molar-refractivity contribution in [1.29, 1.82) is 0 Å². The summed E-state index contributed by atoms with van der Waals surface area (Å²) >= 11 is 1.42. The summed E-state index contributed by atoms with van der Waals surface area (Å²) in [6.07, 6.45) is 2.75. The van der Waals surface area contributed by atoms with Gasteiger partial charge in [-0.15, -0.1) is 0 Å². The lowest BCUT2D eigenvalue weighted by atomic mass is 10.1. The minimum atomic E-state index is -0.150. The Morgan fingerprint density at radius 1 is 1.23 bits per heavy atom. The molecule has 4 nitrogen and oxygen atoms in total. The van der Waals surface area contributed by atoms with Crippen LogP contribution in [-0.4, -0.2) is 17.9 Å². The Morgan fingerprint density at radius 2 is 1.96 bits per heavy atom. The SMILES string of the molecule is CC[C@H](C)NC(=O)c1ccc2c(c1)NC(=O)/C(=C\c1ccc(C)cc1)S2. The molecule has 26 heavy (non-hydrogen) atoms. The molecule has 1 atom stereocenters. The van der Waals surface area contributed by atoms with Gasteiger partial charge >= 0.3 is 0 Å². The summed E-state index contributed by atoms with van der Waals surface area (Å²) in [5.41, 5.74) is 3.40. The molecule has 0 saturated heterocycles. The Kier molecular flexibility index (Phi) is 5.47. The minimum absolute atomic E-state index is 0.117. The van der Waals surface area contributed by atoms with E-state index in [1.807, 2.05) is 57.2 Å². The van der Waals surface area contributed by atoms with Gasteiger partial charge in [0.25, 0.3) is 11.8 Å². The Morgan fingerprint density at radius 3 is 2.65 bits per heavy atom. The lowest BCUT2D eigenvalue weighted by molar-refractivity contribution is -0.112. The van der Waals surface area contributed by atoms with Crippen molar-refractivity contribution in [3.8, 4) is 0 Å². The minimum Gasteiger partial charge on any atom is -0.350 e. The van der Waals surface area contributed by atoms with Gasteiger partial charge in [-0.25, -0.2) is 0 Å². The highest BCUT2D eigenvalue weighted by atomic mass is 32.2. The molecule has 134 valence electrons. The van der Waals surface area contributed by atoms with Crippen LogP contribution in [0.3, 0.4) is 0 Å². The second-order valence-corrected chi connectivity index (χ2v) is 7.55. The Bertz CT molecular complexity index is 872. The lowest BCUT2D eigenvalue weighted by Gasteiger charge is -2.20. The van der Waals surface area contributed by atoms with Gasteiger partial charge in [0.15, 0.2) is 0 Å². The van der Waals surface area contributed by atoms with Crippen molar-refractivity contribution in [2.24, 2.45) is 0 Å². The van der Waals surface area contributed by atoms with Crippen LogP contribution in [0.2, 0.25) is 0 Å². The van der Waals surface area contributed by atoms with Crippen LogP contribution in [0.5, 0.6) is 0 Å². The first-order valence-corrected chi connectivity index (χ1v) is 9.50. The second-order valence-electron chi connectivity index (χ2n) is 6.47. The van der Waals surface area contributed by atoms with Crippen molar-refractivity contribution in [3.63, 3.8) is 0 Å². The Balaban J connectivity index is 1.81. The van der Waals surface area contributed by atoms with Gasteiger partial charge in [-0.1, -0.05) is 48.5 Å². The quantitative estimate of drug-likeness (QED) is 0.777. The maximum Gasteiger partial charge on any atom is 0.262 e. The van der Waals surface area contributed by atoms with Crippen molar-refractivity contribution in [3.05, 3.63) is 64.1 Å². The maximum atomic E-state index is 12.4. The molecule has 2 aromatic rings. The van der Waals surface area contributed by atoms with Gasteiger partial charge in [-0.3, -0.25) is 9.59 Å². The Hall–Kier alpha value is -2.53. The average molecular weight is 366 g/mol. The molecule has 1 aliphatic heterocycles. The van der Waals surface area contributed by atoms with Crippen LogP contribution in [-0.2, 0) is 4.79 Å². The number of amides is 2. The van der Waals surface area contributed by atoms with E-state index in [1.54, 1.807) is 12.1 Å². The summed E-state index contributed by atoms with van der Waals surface area (Å²) in [5, 5.41) is 5.84. The summed E-state index contributed by atoms with van der Waals surface area (Å²) in [7, 11) is 0. The van der Waals surface area contributed by atoms with E-state index >= 15 is 0 Å². The fraction of sp³-hybridized carbons (Fsp3) is 0.238. The Labute approximate surface area is 158 Å². The van der Waals surface area contributed by atoms with Gasteiger partial charge in [-0.2, -0.15) is 0 Å². The highest BCUT2D eigenvalue weighted by Crippen LogP contribution is 2.39. The van der Waals surface area contributed by atoms with E-state index < -0.39 is 0 Å². The first-order valence-electron chi connectivity index (χ1n) is 8.68. The second kappa shape index (κ2) is 7.79. The summed E-state index contributed by atoms with van der Waals surface area (Å²) < 4.78 is 0. The highest BCUT2D eigenvalue weighted by Gasteiger charge is 2.22. The number of anilines is 1. The zero-order valence-electron chi connectivity index (χ0n) is 15.1. The normalized spacial score (nSPS) is 16.0. The van der Waals surface area contributed by atoms with Gasteiger partial charge in [0.1, 0.15) is 0 Å². The third-order valence-corrected chi connectivity index (χ3v) is 5.40. The smallest absolute Gasteiger partial charge is 0.262 e. The van der Waals surface area contributed by atoms with Crippen molar-refractivity contribution in [2.75, 3.05) is 5.32 Å². The third kappa shape index (κ3) is 4.17. The van der Waals surface area contributed by atoms with E-state index in [0.29, 0.717) is 16.2 Å². The number of carbonyl (C=O) groups excluding carboxylic acids is 2. The van der Waals surface area contributed by atoms with Crippen LogP contribution in [0.25, 0.3) is 6.08 Å². The molecule has 0 aliphatic carbocycles. The molecule has 5 heteroatoms. The van der Waals surface area contributed by atoms with Crippen LogP contribution in [0.1, 0.15) is 41.8 Å². The van der Waals surface area contributed by atoms with Crippen molar-refractivity contribution in [2.45, 2.75) is 38.1 Å². The molecule has 0 radical (unpaired) electrons. The number of nitrogens with one attached hydrogen (secondary N) is 2. The molecular weight excluding hydrogens is 344 g/mol. The van der Waals surface area contributed by atoms with Gasteiger partial charge in [-0.05, 0) is 50.1 Å². The van der Waals surface area contributed by atoms with Gasteiger partial charge in [0.2, 0.25) is 0 Å². The van der Waals surface area contributed by atoms with Crippen molar-refractivity contribution in [1.82, 2.24) is 5.32 Å². The molecule has 3 rings (SSSR count). The predicted octanol–water partition coefficient (Wildman–Crippen LogP) is 4.61. The zero-order chi connectivity index (χ0) is 18.7. The van der Waals surface area contributed by atoms with Crippen LogP contribution in [0.15, 0.2) is 52.3 Å². The zero-order valence-corrected chi connectivity index (χ0v) is 15.9. The number of fused-ring (bicyclic) bond motifs is 1. The fourth-order valence-electron chi connectivity index (χ4n) is 2.52. The molecule has 0 bridgehead atoms. The number of thioether (sulfide) groups is 1. The average Bonchev–Trinajstić information content (AvgIpc) is 2.63. The van der Waals surface area contributed by atoms with Crippen molar-refractivity contribution < 1.29 is 9.59 Å². The summed E-state index contributed by atoms with van der Waals surface area (Å²) in [5.74, 6) is -0.273. The number of hydrogen-bond donors (Lipinski definition) is 2. The van der Waals surface area contributed by atoms with E-state index in [4.69, 9.17) is 0 Å². The molecule has 0 fully saturated rings. The molecule has 0 aromatic heterocycles. The fourth-order valence-corrected chi connectivity index (χ4v) is 3.46. The molecular formula is C21H22N2O2S. The van der Waals surface area contributed by atoms with E-state index in [9.17, 15) is 9.59 Å². The topological polar surface area (TPSA) is 58.2 Å². The molecule has 2 N–H and O–H groups in total. The van der Waals surface area contributed by atoms with Crippen molar-refractivity contribution >= 4 is 35.3 Å². The number of rotatable bonds is 4. The third-order valence-electron chi connectivity index (χ3n) is 4.30. The molecule has 2 amide bonds. The van der Waals surface area contributed by atoms with E-state index in [0.717, 1.165) is 16.9 Å². The molecule has 0 saturated carbocycles. The first-order chi connectivity index (χ1) is 12.5. The van der Waals surface area contributed by atoms with E-state index in [-0.39, 0.29) is 17.9 Å². The summed E-state index contributed by atoms with van der Waals surface area (Å²) in [4.78, 5) is 26.3. The van der Waals surface area contributed by atoms with Crippen LogP contribution >= 0.6 is 11.8 Å². The molecule has 2 aromatic carbocycles.